The minimum Gasteiger partial charge on any atom is -0.355 e. The number of hydrogen-bond acceptors (Lipinski definition) is 6. The third-order valence-electron chi connectivity index (χ3n) is 4.95. The predicted octanol–water partition coefficient (Wildman–Crippen LogP) is 4.01. The maximum absolute atomic E-state index is 9.12. The Bertz CT molecular complexity index is 813. The second kappa shape index (κ2) is 10.0. The molecule has 2 heterocycles. The molecule has 0 aliphatic carbocycles. The van der Waals surface area contributed by atoms with Crippen molar-refractivity contribution in [1.29, 1.82) is 5.26 Å². The highest BCUT2D eigenvalue weighted by Gasteiger charge is 2.21. The topological polar surface area (TPSA) is 76.9 Å². The number of nitrogens with zero attached hydrogens (tertiary/aromatic N) is 4. The molecule has 0 bridgehead atoms. The Kier molecular flexibility index (Phi) is 7.21. The van der Waals surface area contributed by atoms with Crippen molar-refractivity contribution < 1.29 is 0 Å². The molecule has 1 fully saturated rings. The largest absolute Gasteiger partial charge is 0.355 e. The van der Waals surface area contributed by atoms with Crippen molar-refractivity contribution in [2.24, 2.45) is 0 Å². The molecule has 28 heavy (non-hydrogen) atoms. The number of hydrogen-bond donors (Lipinski definition) is 2. The lowest BCUT2D eigenvalue weighted by molar-refractivity contribution is 0.421. The number of nitrogens with one attached hydrogen (secondary N) is 2. The number of aromatic nitrogens is 2. The van der Waals surface area contributed by atoms with Crippen LogP contribution in [0.1, 0.15) is 50.8 Å². The van der Waals surface area contributed by atoms with E-state index >= 15 is 0 Å². The van der Waals surface area contributed by atoms with Crippen LogP contribution in [0.15, 0.2) is 30.3 Å². The summed E-state index contributed by atoms with van der Waals surface area (Å²) in [6, 6.07) is 12.2. The molecule has 148 valence electrons. The number of nitriles is 1. The zero-order chi connectivity index (χ0) is 19.8. The maximum atomic E-state index is 9.12. The lowest BCUT2D eigenvalue weighted by Gasteiger charge is -2.34. The van der Waals surface area contributed by atoms with Gasteiger partial charge in [-0.2, -0.15) is 10.2 Å². The molecule has 6 nitrogen and oxygen atoms in total. The summed E-state index contributed by atoms with van der Waals surface area (Å²) in [5.74, 6) is 1.58. The van der Waals surface area contributed by atoms with E-state index in [0.717, 1.165) is 56.1 Å². The van der Waals surface area contributed by atoms with E-state index in [9.17, 15) is 0 Å². The zero-order valence-electron chi connectivity index (χ0n) is 16.9. The smallest absolute Gasteiger partial charge is 0.229 e. The molecular weight excluding hydrogens is 348 g/mol. The molecular formula is C22H30N6. The van der Waals surface area contributed by atoms with Crippen LogP contribution in [-0.4, -0.2) is 35.6 Å². The molecule has 1 aromatic heterocycles. The van der Waals surface area contributed by atoms with Crippen molar-refractivity contribution in [2.75, 3.05) is 29.9 Å². The molecule has 0 radical (unpaired) electrons. The molecule has 2 aromatic rings. The first-order chi connectivity index (χ1) is 13.7. The van der Waals surface area contributed by atoms with Crippen molar-refractivity contribution in [2.45, 2.75) is 52.0 Å². The Morgan fingerprint density at radius 1 is 1.21 bits per heavy atom. The van der Waals surface area contributed by atoms with Crippen molar-refractivity contribution >= 4 is 17.5 Å². The van der Waals surface area contributed by atoms with Crippen LogP contribution in [0.25, 0.3) is 0 Å². The van der Waals surface area contributed by atoms with Gasteiger partial charge in [-0.1, -0.05) is 26.3 Å². The first-order valence-electron chi connectivity index (χ1n) is 10.3. The van der Waals surface area contributed by atoms with Crippen molar-refractivity contribution in [1.82, 2.24) is 15.3 Å². The van der Waals surface area contributed by atoms with Crippen LogP contribution in [0.4, 0.5) is 17.5 Å². The van der Waals surface area contributed by atoms with E-state index in [0.29, 0.717) is 17.6 Å². The summed E-state index contributed by atoms with van der Waals surface area (Å²) in [5.41, 5.74) is 2.51. The number of aryl methyl sites for hydroxylation is 1. The van der Waals surface area contributed by atoms with Gasteiger partial charge in [-0.15, -0.1) is 0 Å². The van der Waals surface area contributed by atoms with Crippen molar-refractivity contribution in [3.8, 4) is 6.07 Å². The summed E-state index contributed by atoms with van der Waals surface area (Å²) in [7, 11) is 0. The van der Waals surface area contributed by atoms with E-state index in [2.05, 4.69) is 46.5 Å². The zero-order valence-corrected chi connectivity index (χ0v) is 16.9. The second-order valence-corrected chi connectivity index (χ2v) is 7.35. The van der Waals surface area contributed by atoms with Gasteiger partial charge in [0.15, 0.2) is 0 Å². The lowest BCUT2D eigenvalue weighted by atomic mass is 10.1. The van der Waals surface area contributed by atoms with Gasteiger partial charge in [0.05, 0.1) is 11.6 Å². The Labute approximate surface area is 168 Å². The van der Waals surface area contributed by atoms with Crippen LogP contribution in [0, 0.1) is 11.3 Å². The third-order valence-corrected chi connectivity index (χ3v) is 4.95. The van der Waals surface area contributed by atoms with Crippen LogP contribution in [0.2, 0.25) is 0 Å². The molecule has 1 atom stereocenters. The molecule has 1 aromatic carbocycles. The number of piperidine rings is 1. The first kappa shape index (κ1) is 20.1. The SMILES string of the molecule is CCCN[C@@H]1CCCN(c2cc(CCC)nc(Nc3cccc(C#N)c3)n2)C1. The van der Waals surface area contributed by atoms with E-state index in [-0.39, 0.29) is 0 Å². The monoisotopic (exact) mass is 378 g/mol. The minimum absolute atomic E-state index is 0.516. The van der Waals surface area contributed by atoms with E-state index in [4.69, 9.17) is 10.2 Å². The highest BCUT2D eigenvalue weighted by molar-refractivity contribution is 5.58. The molecule has 1 saturated heterocycles. The first-order valence-corrected chi connectivity index (χ1v) is 10.3. The molecule has 1 aliphatic rings. The average molecular weight is 379 g/mol. The normalized spacial score (nSPS) is 16.6. The Morgan fingerprint density at radius 3 is 2.89 bits per heavy atom. The van der Waals surface area contributed by atoms with Crippen LogP contribution >= 0.6 is 0 Å². The van der Waals surface area contributed by atoms with Gasteiger partial charge in [0.25, 0.3) is 0 Å². The van der Waals surface area contributed by atoms with Gasteiger partial charge < -0.3 is 15.5 Å². The Balaban J connectivity index is 1.81. The van der Waals surface area contributed by atoms with Crippen LogP contribution in [-0.2, 0) is 6.42 Å². The molecule has 2 N–H and O–H groups in total. The predicted molar refractivity (Wildman–Crippen MR) is 114 cm³/mol. The van der Waals surface area contributed by atoms with Crippen LogP contribution < -0.4 is 15.5 Å². The van der Waals surface area contributed by atoms with E-state index in [1.807, 2.05) is 18.2 Å². The molecule has 3 rings (SSSR count). The van der Waals surface area contributed by atoms with Crippen molar-refractivity contribution in [3.05, 3.63) is 41.6 Å². The maximum Gasteiger partial charge on any atom is 0.229 e. The standard InChI is InChI=1S/C22H30N6/c1-3-7-18-14-21(28-12-6-10-20(16-28)24-11-4-2)27-22(25-18)26-19-9-5-8-17(13-19)15-23/h5,8-9,13-14,20,24H,3-4,6-7,10-12,16H2,1-2H3,(H,25,26,27)/t20-/m1/s1. The summed E-state index contributed by atoms with van der Waals surface area (Å²) in [5, 5.41) is 16.1. The van der Waals surface area contributed by atoms with E-state index in [1.54, 1.807) is 6.07 Å². The molecule has 0 unspecified atom stereocenters. The fourth-order valence-electron chi connectivity index (χ4n) is 3.58. The van der Waals surface area contributed by atoms with Gasteiger partial charge in [-0.25, -0.2) is 4.98 Å². The van der Waals surface area contributed by atoms with Gasteiger partial charge in [0, 0.05) is 36.6 Å². The summed E-state index contributed by atoms with van der Waals surface area (Å²) >= 11 is 0. The minimum atomic E-state index is 0.516. The molecule has 0 spiro atoms. The molecule has 6 heteroatoms. The summed E-state index contributed by atoms with van der Waals surface area (Å²) in [4.78, 5) is 11.9. The molecule has 1 aliphatic heterocycles. The number of benzene rings is 1. The van der Waals surface area contributed by atoms with E-state index in [1.165, 1.54) is 12.8 Å². The quantitative estimate of drug-likeness (QED) is 0.723. The van der Waals surface area contributed by atoms with Crippen LogP contribution in [0.5, 0.6) is 0 Å². The van der Waals surface area contributed by atoms with Crippen molar-refractivity contribution in [3.63, 3.8) is 0 Å². The highest BCUT2D eigenvalue weighted by atomic mass is 15.2. The van der Waals surface area contributed by atoms with Crippen LogP contribution in [0.3, 0.4) is 0 Å². The number of anilines is 3. The number of rotatable bonds is 8. The molecule has 0 saturated carbocycles. The van der Waals surface area contributed by atoms with Gasteiger partial charge in [0.1, 0.15) is 5.82 Å². The highest BCUT2D eigenvalue weighted by Crippen LogP contribution is 2.23. The van der Waals surface area contributed by atoms with E-state index < -0.39 is 0 Å². The lowest BCUT2D eigenvalue weighted by Crippen LogP contribution is -2.46. The fraction of sp³-hybridized carbons (Fsp3) is 0.500. The average Bonchev–Trinajstić information content (AvgIpc) is 2.72. The Hall–Kier alpha value is -2.65. The van der Waals surface area contributed by atoms with Gasteiger partial charge in [-0.05, 0) is 50.4 Å². The van der Waals surface area contributed by atoms with Gasteiger partial charge in [-0.3, -0.25) is 0 Å². The summed E-state index contributed by atoms with van der Waals surface area (Å²) in [6.07, 6.45) is 5.51. The summed E-state index contributed by atoms with van der Waals surface area (Å²) < 4.78 is 0. The fourth-order valence-corrected chi connectivity index (χ4v) is 3.58. The summed E-state index contributed by atoms with van der Waals surface area (Å²) in [6.45, 7) is 7.43. The molecule has 0 amide bonds. The second-order valence-electron chi connectivity index (χ2n) is 7.35. The Morgan fingerprint density at radius 2 is 2.11 bits per heavy atom. The van der Waals surface area contributed by atoms with Gasteiger partial charge >= 0.3 is 0 Å². The third kappa shape index (κ3) is 5.43. The van der Waals surface area contributed by atoms with Gasteiger partial charge in [0.2, 0.25) is 5.95 Å².